The highest BCUT2D eigenvalue weighted by Gasteiger charge is 2.26. The second-order valence-electron chi connectivity index (χ2n) is 5.31. The van der Waals surface area contributed by atoms with Crippen LogP contribution in [0.4, 0.5) is 0 Å². The van der Waals surface area contributed by atoms with E-state index in [9.17, 15) is 0 Å². The molecule has 1 aliphatic rings. The highest BCUT2D eigenvalue weighted by Crippen LogP contribution is 2.20. The van der Waals surface area contributed by atoms with Crippen molar-refractivity contribution < 1.29 is 0 Å². The highest BCUT2D eigenvalue weighted by atomic mass is 15.2. The van der Waals surface area contributed by atoms with Crippen LogP contribution in [0.2, 0.25) is 0 Å². The lowest BCUT2D eigenvalue weighted by atomic mass is 9.92. The van der Waals surface area contributed by atoms with Crippen LogP contribution in [0, 0.1) is 11.8 Å². The van der Waals surface area contributed by atoms with Gasteiger partial charge in [-0.25, -0.2) is 0 Å². The summed E-state index contributed by atoms with van der Waals surface area (Å²) < 4.78 is 0. The third-order valence-electron chi connectivity index (χ3n) is 4.31. The summed E-state index contributed by atoms with van der Waals surface area (Å²) in [7, 11) is 0. The van der Waals surface area contributed by atoms with E-state index in [4.69, 9.17) is 0 Å². The van der Waals surface area contributed by atoms with Gasteiger partial charge in [0.05, 0.1) is 0 Å². The standard InChI is InChI=1S/C14H30N2/c1-5-13(6-2)11-16(7-3)14-10-15-9-8-12(14)4/h12-15H,5-11H2,1-4H3. The Balaban J connectivity index is 2.51. The number of piperidine rings is 1. The van der Waals surface area contributed by atoms with Gasteiger partial charge in [-0.1, -0.05) is 40.5 Å². The summed E-state index contributed by atoms with van der Waals surface area (Å²) in [4.78, 5) is 2.70. The number of nitrogens with one attached hydrogen (secondary N) is 1. The van der Waals surface area contributed by atoms with Gasteiger partial charge in [0.15, 0.2) is 0 Å². The summed E-state index contributed by atoms with van der Waals surface area (Å²) in [6, 6.07) is 0.763. The lowest BCUT2D eigenvalue weighted by Gasteiger charge is -2.40. The van der Waals surface area contributed by atoms with E-state index >= 15 is 0 Å². The predicted molar refractivity (Wildman–Crippen MR) is 71.8 cm³/mol. The molecule has 0 aromatic carbocycles. The molecule has 1 saturated heterocycles. The summed E-state index contributed by atoms with van der Waals surface area (Å²) in [5.41, 5.74) is 0. The zero-order valence-electron chi connectivity index (χ0n) is 11.6. The number of rotatable bonds is 6. The molecule has 0 aromatic rings. The van der Waals surface area contributed by atoms with Gasteiger partial charge in [-0.3, -0.25) is 4.90 Å². The van der Waals surface area contributed by atoms with Crippen LogP contribution in [0.5, 0.6) is 0 Å². The quantitative estimate of drug-likeness (QED) is 0.749. The summed E-state index contributed by atoms with van der Waals surface area (Å²) in [5.74, 6) is 1.74. The van der Waals surface area contributed by atoms with Gasteiger partial charge in [0.2, 0.25) is 0 Å². The van der Waals surface area contributed by atoms with Crippen molar-refractivity contribution in [3.05, 3.63) is 0 Å². The Bertz CT molecular complexity index is 178. The molecule has 1 heterocycles. The maximum absolute atomic E-state index is 3.55. The lowest BCUT2D eigenvalue weighted by molar-refractivity contribution is 0.108. The molecule has 2 unspecified atom stereocenters. The summed E-state index contributed by atoms with van der Waals surface area (Å²) >= 11 is 0. The van der Waals surface area contributed by atoms with Crippen LogP contribution in [0.3, 0.4) is 0 Å². The molecule has 1 rings (SSSR count). The first-order valence-electron chi connectivity index (χ1n) is 7.17. The summed E-state index contributed by atoms with van der Waals surface area (Å²) in [5, 5.41) is 3.55. The normalized spacial score (nSPS) is 26.6. The molecule has 16 heavy (non-hydrogen) atoms. The Morgan fingerprint density at radius 2 is 1.94 bits per heavy atom. The van der Waals surface area contributed by atoms with Crippen molar-refractivity contribution in [2.75, 3.05) is 26.2 Å². The van der Waals surface area contributed by atoms with E-state index in [0.717, 1.165) is 17.9 Å². The molecule has 0 radical (unpaired) electrons. The maximum Gasteiger partial charge on any atom is 0.0246 e. The van der Waals surface area contributed by atoms with E-state index in [2.05, 4.69) is 37.9 Å². The first kappa shape index (κ1) is 14.0. The topological polar surface area (TPSA) is 15.3 Å². The smallest absolute Gasteiger partial charge is 0.0246 e. The van der Waals surface area contributed by atoms with Gasteiger partial charge in [0.25, 0.3) is 0 Å². The predicted octanol–water partition coefficient (Wildman–Crippen LogP) is 2.74. The molecule has 0 spiro atoms. The second kappa shape index (κ2) is 7.29. The van der Waals surface area contributed by atoms with Crippen molar-refractivity contribution in [3.8, 4) is 0 Å². The molecule has 0 aliphatic carbocycles. The van der Waals surface area contributed by atoms with Crippen LogP contribution in [-0.2, 0) is 0 Å². The molecule has 0 amide bonds. The summed E-state index contributed by atoms with van der Waals surface area (Å²) in [6.07, 6.45) is 3.98. The summed E-state index contributed by atoms with van der Waals surface area (Å²) in [6.45, 7) is 14.3. The molecule has 1 N–H and O–H groups in total. The minimum atomic E-state index is 0.763. The van der Waals surface area contributed by atoms with Gasteiger partial charge in [-0.05, 0) is 31.3 Å². The van der Waals surface area contributed by atoms with Crippen molar-refractivity contribution in [2.45, 2.75) is 53.0 Å². The van der Waals surface area contributed by atoms with Crippen LogP contribution in [0.1, 0.15) is 47.0 Å². The molecule has 2 atom stereocenters. The second-order valence-corrected chi connectivity index (χ2v) is 5.31. The zero-order chi connectivity index (χ0) is 12.0. The minimum absolute atomic E-state index is 0.763. The number of nitrogens with zero attached hydrogens (tertiary/aromatic N) is 1. The average molecular weight is 226 g/mol. The molecular weight excluding hydrogens is 196 g/mol. The van der Waals surface area contributed by atoms with Crippen molar-refractivity contribution in [2.24, 2.45) is 11.8 Å². The monoisotopic (exact) mass is 226 g/mol. The Morgan fingerprint density at radius 3 is 2.44 bits per heavy atom. The molecule has 0 aromatic heterocycles. The van der Waals surface area contributed by atoms with E-state index in [1.165, 1.54) is 45.4 Å². The number of hydrogen-bond donors (Lipinski definition) is 1. The Kier molecular flexibility index (Phi) is 6.37. The Morgan fingerprint density at radius 1 is 1.25 bits per heavy atom. The van der Waals surface area contributed by atoms with Crippen molar-refractivity contribution in [1.29, 1.82) is 0 Å². The van der Waals surface area contributed by atoms with Crippen molar-refractivity contribution in [3.63, 3.8) is 0 Å². The average Bonchev–Trinajstić information content (AvgIpc) is 2.32. The molecule has 0 saturated carbocycles. The van der Waals surface area contributed by atoms with Gasteiger partial charge < -0.3 is 5.32 Å². The Labute approximate surface area is 102 Å². The maximum atomic E-state index is 3.55. The van der Waals surface area contributed by atoms with Gasteiger partial charge in [0, 0.05) is 19.1 Å². The van der Waals surface area contributed by atoms with E-state index in [1.807, 2.05) is 0 Å². The largest absolute Gasteiger partial charge is 0.315 e. The third kappa shape index (κ3) is 3.74. The first-order chi connectivity index (χ1) is 7.72. The fraction of sp³-hybridized carbons (Fsp3) is 1.00. The van der Waals surface area contributed by atoms with Crippen LogP contribution in [-0.4, -0.2) is 37.1 Å². The van der Waals surface area contributed by atoms with Gasteiger partial charge in [-0.15, -0.1) is 0 Å². The SMILES string of the molecule is CCC(CC)CN(CC)C1CNCCC1C. The van der Waals surface area contributed by atoms with E-state index in [-0.39, 0.29) is 0 Å². The van der Waals surface area contributed by atoms with Gasteiger partial charge in [-0.2, -0.15) is 0 Å². The molecule has 96 valence electrons. The van der Waals surface area contributed by atoms with Crippen molar-refractivity contribution in [1.82, 2.24) is 10.2 Å². The van der Waals surface area contributed by atoms with Crippen LogP contribution in [0.25, 0.3) is 0 Å². The molecular formula is C14H30N2. The van der Waals surface area contributed by atoms with Crippen LogP contribution >= 0.6 is 0 Å². The number of likely N-dealkylation sites (N-methyl/N-ethyl adjacent to an activating group) is 1. The molecule has 0 bridgehead atoms. The third-order valence-corrected chi connectivity index (χ3v) is 4.31. The van der Waals surface area contributed by atoms with E-state index in [1.54, 1.807) is 0 Å². The van der Waals surface area contributed by atoms with Gasteiger partial charge >= 0.3 is 0 Å². The van der Waals surface area contributed by atoms with Crippen LogP contribution in [0.15, 0.2) is 0 Å². The highest BCUT2D eigenvalue weighted by molar-refractivity contribution is 4.84. The molecule has 1 aliphatic heterocycles. The Hall–Kier alpha value is -0.0800. The van der Waals surface area contributed by atoms with E-state index < -0.39 is 0 Å². The zero-order valence-corrected chi connectivity index (χ0v) is 11.6. The molecule has 1 fully saturated rings. The fourth-order valence-corrected chi connectivity index (χ4v) is 2.84. The number of hydrogen-bond acceptors (Lipinski definition) is 2. The van der Waals surface area contributed by atoms with E-state index in [0.29, 0.717) is 0 Å². The first-order valence-corrected chi connectivity index (χ1v) is 7.17. The van der Waals surface area contributed by atoms with Crippen molar-refractivity contribution >= 4 is 0 Å². The van der Waals surface area contributed by atoms with Crippen LogP contribution < -0.4 is 5.32 Å². The minimum Gasteiger partial charge on any atom is -0.315 e. The fourth-order valence-electron chi connectivity index (χ4n) is 2.84. The molecule has 2 nitrogen and oxygen atoms in total. The molecule has 2 heteroatoms. The van der Waals surface area contributed by atoms with Gasteiger partial charge in [0.1, 0.15) is 0 Å². The lowest BCUT2D eigenvalue weighted by Crippen LogP contribution is -2.51.